The molecule has 0 bridgehead atoms. The molecule has 0 fully saturated rings. The normalized spacial score (nSPS) is 11.2. The molecular weight excluding hydrogens is 280 g/mol. The molecule has 0 saturated carbocycles. The molecule has 20 heavy (non-hydrogen) atoms. The van der Waals surface area contributed by atoms with Gasteiger partial charge < -0.3 is 4.84 Å². The van der Waals surface area contributed by atoms with Crippen molar-refractivity contribution in [3.8, 4) is 0 Å². The van der Waals surface area contributed by atoms with Crippen LogP contribution in [-0.2, 0) is 4.84 Å². The van der Waals surface area contributed by atoms with E-state index in [-0.39, 0.29) is 11.3 Å². The molecule has 0 amide bonds. The van der Waals surface area contributed by atoms with E-state index in [9.17, 15) is 14.9 Å². The molecule has 0 saturated heterocycles. The standard InChI is InChI=1S/C13H10N2O4S/c1-9(12-6-3-7-20-12)14-19-13(16)10-4-2-5-11(8-10)15(17)18/h2-8H,1H3. The SMILES string of the molecule is CC(=NOC(=O)c1cccc([N+](=O)[O-])c1)c1cccs1. The summed E-state index contributed by atoms with van der Waals surface area (Å²) in [4.78, 5) is 27.5. The third kappa shape index (κ3) is 3.27. The Hall–Kier alpha value is -2.54. The minimum atomic E-state index is -0.732. The van der Waals surface area contributed by atoms with Gasteiger partial charge >= 0.3 is 5.97 Å². The van der Waals surface area contributed by atoms with E-state index in [4.69, 9.17) is 4.84 Å². The number of nitro groups is 1. The molecule has 2 aromatic rings. The average molecular weight is 290 g/mol. The van der Waals surface area contributed by atoms with Gasteiger partial charge in [0.15, 0.2) is 0 Å². The number of non-ortho nitro benzene ring substituents is 1. The van der Waals surface area contributed by atoms with Crippen LogP contribution in [0.1, 0.15) is 22.2 Å². The van der Waals surface area contributed by atoms with E-state index < -0.39 is 10.9 Å². The van der Waals surface area contributed by atoms with Crippen LogP contribution in [0.25, 0.3) is 0 Å². The van der Waals surface area contributed by atoms with Crippen molar-refractivity contribution in [3.05, 3.63) is 62.3 Å². The molecule has 1 aromatic heterocycles. The molecule has 2 rings (SSSR count). The number of carbonyl (C=O) groups excluding carboxylic acids is 1. The van der Waals surface area contributed by atoms with Crippen molar-refractivity contribution in [2.45, 2.75) is 6.92 Å². The van der Waals surface area contributed by atoms with E-state index >= 15 is 0 Å². The zero-order valence-electron chi connectivity index (χ0n) is 10.5. The van der Waals surface area contributed by atoms with Crippen molar-refractivity contribution >= 4 is 28.7 Å². The Morgan fingerprint density at radius 3 is 2.80 bits per heavy atom. The van der Waals surface area contributed by atoms with Gasteiger partial charge in [0.05, 0.1) is 21.1 Å². The zero-order valence-corrected chi connectivity index (χ0v) is 11.3. The fourth-order valence-electron chi connectivity index (χ4n) is 1.44. The Morgan fingerprint density at radius 2 is 2.15 bits per heavy atom. The minimum absolute atomic E-state index is 0.0851. The maximum absolute atomic E-state index is 11.7. The lowest BCUT2D eigenvalue weighted by molar-refractivity contribution is -0.384. The molecule has 0 unspecified atom stereocenters. The molecule has 102 valence electrons. The summed E-state index contributed by atoms with van der Waals surface area (Å²) in [5.41, 5.74) is 0.485. The number of thiophene rings is 1. The van der Waals surface area contributed by atoms with Crippen LogP contribution in [0.15, 0.2) is 46.9 Å². The Kier molecular flexibility index (Phi) is 4.21. The first-order chi connectivity index (χ1) is 9.58. The maximum atomic E-state index is 11.7. The molecule has 0 spiro atoms. The van der Waals surface area contributed by atoms with Gasteiger partial charge in [-0.15, -0.1) is 11.3 Å². The zero-order chi connectivity index (χ0) is 14.5. The van der Waals surface area contributed by atoms with Crippen LogP contribution in [0.4, 0.5) is 5.69 Å². The molecule has 7 heteroatoms. The smallest absolute Gasteiger partial charge is 0.313 e. The van der Waals surface area contributed by atoms with Gasteiger partial charge in [-0.25, -0.2) is 4.79 Å². The van der Waals surface area contributed by atoms with Crippen LogP contribution in [0, 0.1) is 10.1 Å². The second kappa shape index (κ2) is 6.07. The predicted molar refractivity (Wildman–Crippen MR) is 75.0 cm³/mol. The van der Waals surface area contributed by atoms with Gasteiger partial charge in [-0.1, -0.05) is 17.3 Å². The summed E-state index contributed by atoms with van der Waals surface area (Å²) in [5.74, 6) is -0.732. The van der Waals surface area contributed by atoms with Gasteiger partial charge in [-0.2, -0.15) is 0 Å². The maximum Gasteiger partial charge on any atom is 0.365 e. The fourth-order valence-corrected chi connectivity index (χ4v) is 2.11. The van der Waals surface area contributed by atoms with Crippen LogP contribution >= 0.6 is 11.3 Å². The highest BCUT2D eigenvalue weighted by Crippen LogP contribution is 2.14. The van der Waals surface area contributed by atoms with Crippen molar-refractivity contribution in [2.75, 3.05) is 0 Å². The van der Waals surface area contributed by atoms with E-state index in [1.54, 1.807) is 6.92 Å². The molecule has 0 aliphatic carbocycles. The molecule has 0 aliphatic heterocycles. The quantitative estimate of drug-likeness (QED) is 0.374. The van der Waals surface area contributed by atoms with Crippen molar-refractivity contribution in [1.29, 1.82) is 0 Å². The van der Waals surface area contributed by atoms with E-state index in [2.05, 4.69) is 5.16 Å². The lowest BCUT2D eigenvalue weighted by Crippen LogP contribution is -2.03. The Morgan fingerprint density at radius 1 is 1.35 bits per heavy atom. The molecule has 6 nitrogen and oxygen atoms in total. The van der Waals surface area contributed by atoms with Gasteiger partial charge in [0.25, 0.3) is 5.69 Å². The highest BCUT2D eigenvalue weighted by Gasteiger charge is 2.13. The molecular formula is C13H10N2O4S. The first-order valence-corrected chi connectivity index (χ1v) is 6.50. The van der Waals surface area contributed by atoms with Crippen LogP contribution in [0.2, 0.25) is 0 Å². The topological polar surface area (TPSA) is 81.8 Å². The number of oxime groups is 1. The number of nitrogens with zero attached hydrogens (tertiary/aromatic N) is 2. The van der Waals surface area contributed by atoms with E-state index in [1.807, 2.05) is 17.5 Å². The third-order valence-electron chi connectivity index (χ3n) is 2.44. The molecule has 0 atom stereocenters. The third-order valence-corrected chi connectivity index (χ3v) is 3.41. The summed E-state index contributed by atoms with van der Waals surface area (Å²) >= 11 is 1.47. The van der Waals surface area contributed by atoms with Crippen molar-refractivity contribution in [1.82, 2.24) is 0 Å². The van der Waals surface area contributed by atoms with Gasteiger partial charge in [-0.3, -0.25) is 10.1 Å². The summed E-state index contributed by atoms with van der Waals surface area (Å²) in [6.45, 7) is 1.71. The fraction of sp³-hybridized carbons (Fsp3) is 0.0769. The average Bonchev–Trinajstić information content (AvgIpc) is 2.98. The number of nitro benzene ring substituents is 1. The second-order valence-corrected chi connectivity index (χ2v) is 4.79. The molecule has 0 aliphatic rings. The lowest BCUT2D eigenvalue weighted by Gasteiger charge is -1.99. The summed E-state index contributed by atoms with van der Waals surface area (Å²) in [7, 11) is 0. The second-order valence-electron chi connectivity index (χ2n) is 3.84. The number of hydrogen-bond acceptors (Lipinski definition) is 6. The highest BCUT2D eigenvalue weighted by atomic mass is 32.1. The van der Waals surface area contributed by atoms with E-state index in [1.165, 1.54) is 29.5 Å². The monoisotopic (exact) mass is 290 g/mol. The number of benzene rings is 1. The Labute approximate surface area is 118 Å². The number of rotatable bonds is 4. The van der Waals surface area contributed by atoms with Crippen LogP contribution in [-0.4, -0.2) is 16.6 Å². The minimum Gasteiger partial charge on any atom is -0.313 e. The van der Waals surface area contributed by atoms with Crippen molar-refractivity contribution < 1.29 is 14.6 Å². The highest BCUT2D eigenvalue weighted by molar-refractivity contribution is 7.12. The molecule has 1 aromatic carbocycles. The van der Waals surface area contributed by atoms with Gasteiger partial charge in [0.1, 0.15) is 0 Å². The predicted octanol–water partition coefficient (Wildman–Crippen LogP) is 3.24. The molecule has 1 heterocycles. The van der Waals surface area contributed by atoms with Crippen molar-refractivity contribution in [3.63, 3.8) is 0 Å². The van der Waals surface area contributed by atoms with Gasteiger partial charge in [-0.05, 0) is 24.4 Å². The van der Waals surface area contributed by atoms with E-state index in [0.717, 1.165) is 10.9 Å². The largest absolute Gasteiger partial charge is 0.365 e. The molecule has 0 N–H and O–H groups in total. The summed E-state index contributed by atoms with van der Waals surface area (Å²) in [6, 6.07) is 9.03. The van der Waals surface area contributed by atoms with Crippen LogP contribution in [0.5, 0.6) is 0 Å². The Bertz CT molecular complexity index is 665. The van der Waals surface area contributed by atoms with Crippen molar-refractivity contribution in [2.24, 2.45) is 5.16 Å². The summed E-state index contributed by atoms with van der Waals surface area (Å²) in [6.07, 6.45) is 0. The number of hydrogen-bond donors (Lipinski definition) is 0. The first-order valence-electron chi connectivity index (χ1n) is 5.62. The first kappa shape index (κ1) is 13.9. The van der Waals surface area contributed by atoms with Crippen LogP contribution in [0.3, 0.4) is 0 Å². The summed E-state index contributed by atoms with van der Waals surface area (Å²) < 4.78 is 0. The van der Waals surface area contributed by atoms with Crippen LogP contribution < -0.4 is 0 Å². The van der Waals surface area contributed by atoms with E-state index in [0.29, 0.717) is 5.71 Å². The Balaban J connectivity index is 2.11. The molecule has 0 radical (unpaired) electrons. The van der Waals surface area contributed by atoms with Gasteiger partial charge in [0, 0.05) is 12.1 Å². The van der Waals surface area contributed by atoms with Gasteiger partial charge in [0.2, 0.25) is 0 Å². The number of carbonyl (C=O) groups is 1. The summed E-state index contributed by atoms with van der Waals surface area (Å²) in [5, 5.41) is 16.2. The lowest BCUT2D eigenvalue weighted by atomic mass is 10.2.